The highest BCUT2D eigenvalue weighted by Crippen LogP contribution is 2.30. The molecule has 2 aromatic rings. The van der Waals surface area contributed by atoms with Crippen LogP contribution in [0.15, 0.2) is 42.5 Å². The fourth-order valence-electron chi connectivity index (χ4n) is 4.40. The predicted octanol–water partition coefficient (Wildman–Crippen LogP) is 7.59. The molecule has 0 spiro atoms. The Labute approximate surface area is 245 Å². The first-order valence-corrected chi connectivity index (χ1v) is 14.6. The van der Waals surface area contributed by atoms with Gasteiger partial charge in [-0.15, -0.1) is 0 Å². The SMILES string of the molecule is CCCCCN(C(=O)C(NC(=O)OC(C)(C)C)C(C)CC)C(C(=O)Nc1c(C)cccc1Cl)c1ccc(C)cc1. The second-order valence-electron chi connectivity index (χ2n) is 11.5. The van der Waals surface area contributed by atoms with Gasteiger partial charge in [0, 0.05) is 6.54 Å². The molecule has 3 unspecified atom stereocenters. The maximum Gasteiger partial charge on any atom is 0.408 e. The zero-order chi connectivity index (χ0) is 30.0. The van der Waals surface area contributed by atoms with Crippen molar-refractivity contribution in [2.75, 3.05) is 11.9 Å². The standard InChI is InChI=1S/C32H46ClN3O4/c1-9-11-12-20-36(30(38)27(22(4)10-2)35-31(39)40-32(6,7)8)28(24-18-16-21(3)17-19-24)29(37)34-26-23(5)14-13-15-25(26)33/h13-19,22,27-28H,9-12,20H2,1-8H3,(H,34,37)(H,35,39). The lowest BCUT2D eigenvalue weighted by atomic mass is 9.95. The van der Waals surface area contributed by atoms with Gasteiger partial charge in [0.25, 0.3) is 5.91 Å². The fraction of sp³-hybridized carbons (Fsp3) is 0.531. The summed E-state index contributed by atoms with van der Waals surface area (Å²) in [5.41, 5.74) is 2.33. The van der Waals surface area contributed by atoms with Crippen LogP contribution in [0.25, 0.3) is 0 Å². The number of amides is 3. The molecule has 7 nitrogen and oxygen atoms in total. The van der Waals surface area contributed by atoms with Crippen LogP contribution in [0.4, 0.5) is 10.5 Å². The number of ether oxygens (including phenoxy) is 1. The summed E-state index contributed by atoms with van der Waals surface area (Å²) in [6.45, 7) is 15.5. The molecule has 0 aliphatic heterocycles. The van der Waals surface area contributed by atoms with E-state index in [1.54, 1.807) is 31.7 Å². The number of nitrogens with zero attached hydrogens (tertiary/aromatic N) is 1. The number of halogens is 1. The van der Waals surface area contributed by atoms with E-state index in [0.717, 1.165) is 24.0 Å². The molecule has 40 heavy (non-hydrogen) atoms. The van der Waals surface area contributed by atoms with Crippen molar-refractivity contribution < 1.29 is 19.1 Å². The molecule has 0 saturated carbocycles. The van der Waals surface area contributed by atoms with Crippen molar-refractivity contribution in [3.05, 3.63) is 64.2 Å². The molecule has 2 N–H and O–H groups in total. The van der Waals surface area contributed by atoms with Crippen LogP contribution in [0.5, 0.6) is 0 Å². The van der Waals surface area contributed by atoms with Crippen molar-refractivity contribution in [1.82, 2.24) is 10.2 Å². The molecule has 0 aliphatic carbocycles. The van der Waals surface area contributed by atoms with Crippen LogP contribution in [0.3, 0.4) is 0 Å². The molecule has 0 saturated heterocycles. The van der Waals surface area contributed by atoms with Gasteiger partial charge in [0.15, 0.2) is 0 Å². The third-order valence-electron chi connectivity index (χ3n) is 6.86. The number of anilines is 1. The average Bonchev–Trinajstić information content (AvgIpc) is 2.88. The lowest BCUT2D eigenvalue weighted by Crippen LogP contribution is -2.55. The van der Waals surface area contributed by atoms with Gasteiger partial charge < -0.3 is 20.3 Å². The monoisotopic (exact) mass is 571 g/mol. The predicted molar refractivity (Wildman–Crippen MR) is 163 cm³/mol. The smallest absolute Gasteiger partial charge is 0.408 e. The second kappa shape index (κ2) is 15.1. The van der Waals surface area contributed by atoms with Gasteiger partial charge in [0.2, 0.25) is 5.91 Å². The summed E-state index contributed by atoms with van der Waals surface area (Å²) in [5, 5.41) is 6.23. The highest BCUT2D eigenvalue weighted by atomic mass is 35.5. The van der Waals surface area contributed by atoms with Crippen molar-refractivity contribution in [1.29, 1.82) is 0 Å². The summed E-state index contributed by atoms with van der Waals surface area (Å²) in [4.78, 5) is 42.9. The number of carbonyl (C=O) groups is 3. The largest absolute Gasteiger partial charge is 0.444 e. The summed E-state index contributed by atoms with van der Waals surface area (Å²) in [6, 6.07) is 11.2. The Morgan fingerprint density at radius 2 is 1.65 bits per heavy atom. The number of hydrogen-bond donors (Lipinski definition) is 2. The van der Waals surface area contributed by atoms with E-state index in [4.69, 9.17) is 16.3 Å². The Morgan fingerprint density at radius 3 is 2.20 bits per heavy atom. The van der Waals surface area contributed by atoms with E-state index < -0.39 is 23.8 Å². The first kappa shape index (κ1) is 33.1. The van der Waals surface area contributed by atoms with Crippen molar-refractivity contribution in [2.45, 2.75) is 98.8 Å². The number of rotatable bonds is 12. The molecule has 8 heteroatoms. The molecule has 0 aromatic heterocycles. The summed E-state index contributed by atoms with van der Waals surface area (Å²) in [6.07, 6.45) is 2.54. The van der Waals surface area contributed by atoms with E-state index >= 15 is 0 Å². The first-order valence-electron chi connectivity index (χ1n) is 14.2. The normalized spacial score (nSPS) is 13.6. The number of hydrogen-bond acceptors (Lipinski definition) is 4. The summed E-state index contributed by atoms with van der Waals surface area (Å²) < 4.78 is 5.49. The minimum atomic E-state index is -0.937. The Kier molecular flexibility index (Phi) is 12.5. The molecule has 0 bridgehead atoms. The maximum absolute atomic E-state index is 14.4. The number of unbranched alkanes of at least 4 members (excludes halogenated alkanes) is 2. The van der Waals surface area contributed by atoms with E-state index in [1.165, 1.54) is 0 Å². The highest BCUT2D eigenvalue weighted by Gasteiger charge is 2.38. The lowest BCUT2D eigenvalue weighted by molar-refractivity contribution is -0.142. The molecule has 0 radical (unpaired) electrons. The number of para-hydroxylation sites is 1. The van der Waals surface area contributed by atoms with Crippen LogP contribution >= 0.6 is 11.6 Å². The summed E-state index contributed by atoms with van der Waals surface area (Å²) >= 11 is 6.45. The Morgan fingerprint density at radius 1 is 1.00 bits per heavy atom. The van der Waals surface area contributed by atoms with Crippen LogP contribution in [0.1, 0.15) is 90.0 Å². The van der Waals surface area contributed by atoms with E-state index in [-0.39, 0.29) is 17.7 Å². The van der Waals surface area contributed by atoms with E-state index in [1.807, 2.05) is 64.1 Å². The highest BCUT2D eigenvalue weighted by molar-refractivity contribution is 6.34. The zero-order valence-corrected chi connectivity index (χ0v) is 26.0. The van der Waals surface area contributed by atoms with Crippen LogP contribution in [-0.2, 0) is 14.3 Å². The third kappa shape index (κ3) is 9.54. The number of carbonyl (C=O) groups excluding carboxylic acids is 3. The van der Waals surface area contributed by atoms with Gasteiger partial charge in [-0.2, -0.15) is 0 Å². The molecule has 3 amide bonds. The van der Waals surface area contributed by atoms with E-state index in [9.17, 15) is 14.4 Å². The van der Waals surface area contributed by atoms with Gasteiger partial charge in [-0.3, -0.25) is 9.59 Å². The molecule has 3 atom stereocenters. The summed E-state index contributed by atoms with van der Waals surface area (Å²) in [7, 11) is 0. The van der Waals surface area contributed by atoms with Crippen LogP contribution in [0.2, 0.25) is 5.02 Å². The summed E-state index contributed by atoms with van der Waals surface area (Å²) in [5.74, 6) is -0.890. The van der Waals surface area contributed by atoms with Crippen LogP contribution in [0, 0.1) is 19.8 Å². The van der Waals surface area contributed by atoms with Crippen molar-refractivity contribution in [3.63, 3.8) is 0 Å². The molecule has 0 fully saturated rings. The number of aryl methyl sites for hydroxylation is 2. The Bertz CT molecular complexity index is 1120. The second-order valence-corrected chi connectivity index (χ2v) is 11.9. The minimum absolute atomic E-state index is 0.193. The molecular weight excluding hydrogens is 526 g/mol. The van der Waals surface area contributed by atoms with Gasteiger partial charge >= 0.3 is 6.09 Å². The Balaban J connectivity index is 2.59. The lowest BCUT2D eigenvalue weighted by Gasteiger charge is -2.36. The minimum Gasteiger partial charge on any atom is -0.444 e. The quantitative estimate of drug-likeness (QED) is 0.257. The van der Waals surface area contributed by atoms with Gasteiger partial charge in [-0.05, 0) is 64.2 Å². The average molecular weight is 572 g/mol. The van der Waals surface area contributed by atoms with Crippen molar-refractivity contribution >= 4 is 35.2 Å². The maximum atomic E-state index is 14.4. The van der Waals surface area contributed by atoms with Crippen LogP contribution < -0.4 is 10.6 Å². The first-order chi connectivity index (χ1) is 18.8. The van der Waals surface area contributed by atoms with Crippen molar-refractivity contribution in [2.24, 2.45) is 5.92 Å². The van der Waals surface area contributed by atoms with Gasteiger partial charge in [0.1, 0.15) is 17.7 Å². The van der Waals surface area contributed by atoms with Gasteiger partial charge in [-0.25, -0.2) is 4.79 Å². The molecule has 0 aliphatic rings. The molecule has 0 heterocycles. The number of nitrogens with one attached hydrogen (secondary N) is 2. The molecule has 2 rings (SSSR count). The third-order valence-corrected chi connectivity index (χ3v) is 7.18. The Hall–Kier alpha value is -3.06. The number of alkyl carbamates (subject to hydrolysis) is 1. The topological polar surface area (TPSA) is 87.7 Å². The molecular formula is C32H46ClN3O4. The number of benzene rings is 2. The van der Waals surface area contributed by atoms with Gasteiger partial charge in [-0.1, -0.05) is 93.6 Å². The van der Waals surface area contributed by atoms with E-state index in [0.29, 0.717) is 35.7 Å². The molecule has 220 valence electrons. The zero-order valence-electron chi connectivity index (χ0n) is 25.3. The van der Waals surface area contributed by atoms with Crippen LogP contribution in [-0.4, -0.2) is 41.0 Å². The van der Waals surface area contributed by atoms with E-state index in [2.05, 4.69) is 17.6 Å². The fourth-order valence-corrected chi connectivity index (χ4v) is 4.67. The van der Waals surface area contributed by atoms with Gasteiger partial charge in [0.05, 0.1) is 10.7 Å². The van der Waals surface area contributed by atoms with Crippen molar-refractivity contribution in [3.8, 4) is 0 Å². The molecule has 2 aromatic carbocycles.